The van der Waals surface area contributed by atoms with E-state index in [-0.39, 0.29) is 0 Å². The summed E-state index contributed by atoms with van der Waals surface area (Å²) in [5.41, 5.74) is 17.4. The van der Waals surface area contributed by atoms with Crippen molar-refractivity contribution < 1.29 is 9.15 Å². The fourth-order valence-corrected chi connectivity index (χ4v) is 9.53. The molecule has 0 unspecified atom stereocenters. The average Bonchev–Trinajstić information content (AvgIpc) is 3.56. The van der Waals surface area contributed by atoms with Gasteiger partial charge < -0.3 is 19.0 Å². The molecular formula is C48H34N2O2. The van der Waals surface area contributed by atoms with Gasteiger partial charge in [0.15, 0.2) is 0 Å². The van der Waals surface area contributed by atoms with Crippen LogP contribution in [0.2, 0.25) is 0 Å². The van der Waals surface area contributed by atoms with Crippen molar-refractivity contribution in [1.82, 2.24) is 0 Å². The van der Waals surface area contributed by atoms with Gasteiger partial charge in [-0.2, -0.15) is 0 Å². The summed E-state index contributed by atoms with van der Waals surface area (Å²) in [4.78, 5) is 4.89. The molecule has 6 aromatic carbocycles. The monoisotopic (exact) mass is 670 g/mol. The first-order valence-corrected chi connectivity index (χ1v) is 18.5. The van der Waals surface area contributed by atoms with Crippen LogP contribution >= 0.6 is 0 Å². The quantitative estimate of drug-likeness (QED) is 0.183. The van der Waals surface area contributed by atoms with Gasteiger partial charge >= 0.3 is 0 Å². The van der Waals surface area contributed by atoms with Crippen LogP contribution in [0.25, 0.3) is 38.3 Å². The molecule has 0 spiro atoms. The Morgan fingerprint density at radius 1 is 0.577 bits per heavy atom. The SMILES string of the molecule is C1=CC2=C(CC1)Cc1ccccc1N2c1ccc2c(c1)oc1cc3c4c(cccc4c12)OC1=C3CCC(N2c3ccccc3Cc3ccccc32)=C1. The third kappa shape index (κ3) is 3.98. The van der Waals surface area contributed by atoms with E-state index in [1.165, 1.54) is 72.6 Å². The molecule has 0 radical (unpaired) electrons. The zero-order valence-electron chi connectivity index (χ0n) is 28.7. The zero-order valence-corrected chi connectivity index (χ0v) is 28.7. The van der Waals surface area contributed by atoms with Gasteiger partial charge in [0.05, 0.1) is 0 Å². The Labute approximate surface area is 301 Å². The number of hydrogen-bond acceptors (Lipinski definition) is 4. The summed E-state index contributed by atoms with van der Waals surface area (Å²) in [7, 11) is 0. The lowest BCUT2D eigenvalue weighted by atomic mass is 9.86. The highest BCUT2D eigenvalue weighted by molar-refractivity contribution is 6.23. The van der Waals surface area contributed by atoms with Crippen molar-refractivity contribution in [2.24, 2.45) is 0 Å². The third-order valence-corrected chi connectivity index (χ3v) is 11.8. The van der Waals surface area contributed by atoms with Crippen molar-refractivity contribution in [3.63, 3.8) is 0 Å². The first kappa shape index (κ1) is 28.4. The van der Waals surface area contributed by atoms with Gasteiger partial charge in [0.1, 0.15) is 22.7 Å². The molecule has 0 N–H and O–H groups in total. The fourth-order valence-electron chi connectivity index (χ4n) is 9.53. The summed E-state index contributed by atoms with van der Waals surface area (Å²) in [6.07, 6.45) is 12.9. The number of nitrogens with zero attached hydrogens (tertiary/aromatic N) is 2. The van der Waals surface area contributed by atoms with Gasteiger partial charge in [-0.25, -0.2) is 0 Å². The summed E-state index contributed by atoms with van der Waals surface area (Å²) in [5, 5.41) is 4.65. The number of para-hydroxylation sites is 3. The standard InChI is InChI=1S/C48H34N2O2/c1-5-15-39-29(10-1)24-30-11-2-6-16-40(30)49(39)33-20-22-35-38-28-46-47(37-14-9-19-43(48(37)38)51-44(35)26-33)36-23-21-34(27-45(36)52-46)50-41-17-7-3-12-31(41)25-32-13-4-8-18-42(32)50/h1-3,5-12,14-19,21,23,26-28H,4,13,20,22,24-25H2. The van der Waals surface area contributed by atoms with Crippen LogP contribution in [0.3, 0.4) is 0 Å². The van der Waals surface area contributed by atoms with E-state index >= 15 is 0 Å². The molecule has 52 heavy (non-hydrogen) atoms. The Balaban J connectivity index is 1.01. The van der Waals surface area contributed by atoms with Gasteiger partial charge in [0.2, 0.25) is 0 Å². The minimum atomic E-state index is 0.890. The minimum absolute atomic E-state index is 0.890. The molecule has 0 saturated heterocycles. The smallest absolute Gasteiger partial charge is 0.137 e. The van der Waals surface area contributed by atoms with E-state index in [9.17, 15) is 0 Å². The fraction of sp³-hybridized carbons (Fsp3) is 0.125. The van der Waals surface area contributed by atoms with Gasteiger partial charge in [-0.1, -0.05) is 72.8 Å². The molecule has 0 amide bonds. The van der Waals surface area contributed by atoms with Gasteiger partial charge in [-0.05, 0) is 114 Å². The maximum atomic E-state index is 6.85. The second kappa shape index (κ2) is 10.6. The van der Waals surface area contributed by atoms with E-state index in [4.69, 9.17) is 9.15 Å². The van der Waals surface area contributed by atoms with Crippen molar-refractivity contribution in [2.75, 3.05) is 9.80 Å². The number of ether oxygens (including phenoxy) is 1. The molecule has 5 aliphatic rings. The Hall–Kier alpha value is -6.26. The Bertz CT molecular complexity index is 2800. The molecule has 7 aromatic rings. The van der Waals surface area contributed by atoms with Crippen LogP contribution in [-0.4, -0.2) is 0 Å². The molecule has 4 heteroatoms. The number of benzene rings is 6. The Kier molecular flexibility index (Phi) is 5.81. The molecule has 4 nitrogen and oxygen atoms in total. The normalized spacial score (nSPS) is 17.1. The number of hydrogen-bond donors (Lipinski definition) is 0. The number of furan rings is 1. The molecule has 0 atom stereocenters. The van der Waals surface area contributed by atoms with E-state index in [1.807, 2.05) is 0 Å². The Morgan fingerprint density at radius 3 is 2.13 bits per heavy atom. The molecule has 0 fully saturated rings. The van der Waals surface area contributed by atoms with E-state index in [0.29, 0.717) is 0 Å². The average molecular weight is 671 g/mol. The zero-order chi connectivity index (χ0) is 33.9. The molecule has 0 bridgehead atoms. The van der Waals surface area contributed by atoms with Gasteiger partial charge in [0, 0.05) is 74.4 Å². The van der Waals surface area contributed by atoms with E-state index in [0.717, 1.165) is 77.7 Å². The first-order chi connectivity index (χ1) is 25.8. The Morgan fingerprint density at radius 2 is 1.33 bits per heavy atom. The van der Waals surface area contributed by atoms with Crippen LogP contribution in [0.5, 0.6) is 5.75 Å². The number of allylic oxidation sites excluding steroid dienone is 6. The topological polar surface area (TPSA) is 28.9 Å². The molecule has 1 aromatic heterocycles. The second-order valence-electron chi connectivity index (χ2n) is 14.7. The predicted molar refractivity (Wildman–Crippen MR) is 212 cm³/mol. The molecule has 4 heterocycles. The predicted octanol–water partition coefficient (Wildman–Crippen LogP) is 12.6. The molecule has 248 valence electrons. The third-order valence-electron chi connectivity index (χ3n) is 11.8. The van der Waals surface area contributed by atoms with Crippen molar-refractivity contribution in [3.8, 4) is 5.75 Å². The van der Waals surface area contributed by atoms with E-state index in [1.54, 1.807) is 0 Å². The lowest BCUT2D eigenvalue weighted by Gasteiger charge is -2.37. The van der Waals surface area contributed by atoms with Crippen LogP contribution in [0.1, 0.15) is 47.9 Å². The van der Waals surface area contributed by atoms with Gasteiger partial charge in [-0.3, -0.25) is 0 Å². The van der Waals surface area contributed by atoms with Crippen LogP contribution in [0.4, 0.5) is 22.7 Å². The minimum Gasteiger partial charge on any atom is -0.456 e. The van der Waals surface area contributed by atoms with Crippen LogP contribution < -0.4 is 14.5 Å². The summed E-state index contributed by atoms with van der Waals surface area (Å²) >= 11 is 0. The van der Waals surface area contributed by atoms with Gasteiger partial charge in [0.25, 0.3) is 0 Å². The van der Waals surface area contributed by atoms with Crippen molar-refractivity contribution in [1.29, 1.82) is 0 Å². The lowest BCUT2D eigenvalue weighted by molar-refractivity contribution is 0.442. The maximum Gasteiger partial charge on any atom is 0.137 e. The highest BCUT2D eigenvalue weighted by atomic mass is 16.5. The highest BCUT2D eigenvalue weighted by Crippen LogP contribution is 2.51. The first-order valence-electron chi connectivity index (χ1n) is 18.5. The summed E-state index contributed by atoms with van der Waals surface area (Å²) in [6.45, 7) is 0. The van der Waals surface area contributed by atoms with Gasteiger partial charge in [-0.15, -0.1) is 0 Å². The van der Waals surface area contributed by atoms with Crippen molar-refractivity contribution >= 4 is 61.0 Å². The summed E-state index contributed by atoms with van der Waals surface area (Å²) in [6, 6.07) is 42.0. The largest absolute Gasteiger partial charge is 0.456 e. The molecule has 0 saturated carbocycles. The van der Waals surface area contributed by atoms with Crippen molar-refractivity contribution in [3.05, 3.63) is 178 Å². The summed E-state index contributed by atoms with van der Waals surface area (Å²) in [5.74, 6) is 1.84. The van der Waals surface area contributed by atoms with E-state index in [2.05, 4.69) is 143 Å². The summed E-state index contributed by atoms with van der Waals surface area (Å²) < 4.78 is 13.7. The number of fused-ring (bicyclic) bond motifs is 8. The van der Waals surface area contributed by atoms with Crippen molar-refractivity contribution in [2.45, 2.75) is 38.5 Å². The number of anilines is 4. The maximum absolute atomic E-state index is 6.85. The number of rotatable bonds is 2. The van der Waals surface area contributed by atoms with Crippen LogP contribution in [0, 0.1) is 0 Å². The van der Waals surface area contributed by atoms with E-state index < -0.39 is 0 Å². The molecular weight excluding hydrogens is 637 g/mol. The molecule has 2 aliphatic carbocycles. The highest BCUT2D eigenvalue weighted by Gasteiger charge is 2.32. The van der Waals surface area contributed by atoms with Crippen LogP contribution in [-0.2, 0) is 12.8 Å². The molecule has 12 rings (SSSR count). The lowest BCUT2D eigenvalue weighted by Crippen LogP contribution is -2.25. The second-order valence-corrected chi connectivity index (χ2v) is 14.7. The molecule has 3 aliphatic heterocycles. The van der Waals surface area contributed by atoms with Crippen LogP contribution in [0.15, 0.2) is 161 Å².